The molecule has 1 aliphatic heterocycles. The Kier molecular flexibility index (Phi) is 3.36. The molecule has 5 heteroatoms. The van der Waals surface area contributed by atoms with Gasteiger partial charge in [0.2, 0.25) is 0 Å². The predicted molar refractivity (Wildman–Crippen MR) is 83.5 cm³/mol. The third-order valence-corrected chi connectivity index (χ3v) is 4.45. The van der Waals surface area contributed by atoms with E-state index in [1.54, 1.807) is 30.8 Å². The molecule has 1 heterocycles. The SMILES string of the molecule is Cc1cc(C2=Nc3ccc(Cl)cc3CS2)c(O)cc1O. The molecule has 0 saturated heterocycles. The van der Waals surface area contributed by atoms with Gasteiger partial charge in [0.15, 0.2) is 0 Å². The van der Waals surface area contributed by atoms with Gasteiger partial charge in [-0.25, -0.2) is 4.99 Å². The maximum absolute atomic E-state index is 9.98. The lowest BCUT2D eigenvalue weighted by Crippen LogP contribution is -2.02. The number of rotatable bonds is 1. The van der Waals surface area contributed by atoms with Crippen LogP contribution in [-0.2, 0) is 5.75 Å². The van der Waals surface area contributed by atoms with E-state index in [-0.39, 0.29) is 11.5 Å². The van der Waals surface area contributed by atoms with Crippen LogP contribution in [0.4, 0.5) is 5.69 Å². The second kappa shape index (κ2) is 5.04. The maximum atomic E-state index is 9.98. The number of hydrogen-bond donors (Lipinski definition) is 2. The van der Waals surface area contributed by atoms with Crippen molar-refractivity contribution in [2.45, 2.75) is 12.7 Å². The Balaban J connectivity index is 2.08. The summed E-state index contributed by atoms with van der Waals surface area (Å²) in [6.45, 7) is 1.79. The van der Waals surface area contributed by atoms with Gasteiger partial charge >= 0.3 is 0 Å². The first-order valence-electron chi connectivity index (χ1n) is 6.07. The van der Waals surface area contributed by atoms with Gasteiger partial charge in [-0.2, -0.15) is 0 Å². The summed E-state index contributed by atoms with van der Waals surface area (Å²) in [7, 11) is 0. The molecule has 3 nitrogen and oxygen atoms in total. The number of phenols is 2. The third-order valence-electron chi connectivity index (χ3n) is 3.17. The van der Waals surface area contributed by atoms with E-state index < -0.39 is 0 Å². The van der Waals surface area contributed by atoms with Gasteiger partial charge in [-0.3, -0.25) is 0 Å². The molecule has 3 rings (SSSR count). The standard InChI is InChI=1S/C15H12ClNO2S/c1-8-4-11(14(19)6-13(8)18)15-17-12-3-2-10(16)5-9(12)7-20-15/h2-6,18-19H,7H2,1H3. The van der Waals surface area contributed by atoms with Crippen molar-refractivity contribution in [3.63, 3.8) is 0 Å². The van der Waals surface area contributed by atoms with Gasteiger partial charge in [0.1, 0.15) is 16.5 Å². The molecule has 20 heavy (non-hydrogen) atoms. The second-order valence-electron chi connectivity index (χ2n) is 4.63. The van der Waals surface area contributed by atoms with Gasteiger partial charge in [0, 0.05) is 22.4 Å². The van der Waals surface area contributed by atoms with E-state index in [0.717, 1.165) is 22.0 Å². The van der Waals surface area contributed by atoms with Crippen LogP contribution in [0.2, 0.25) is 5.02 Å². The average Bonchev–Trinajstić information content (AvgIpc) is 2.42. The Labute approximate surface area is 125 Å². The highest BCUT2D eigenvalue weighted by molar-refractivity contribution is 8.13. The highest BCUT2D eigenvalue weighted by Gasteiger charge is 2.18. The van der Waals surface area contributed by atoms with E-state index in [9.17, 15) is 10.2 Å². The van der Waals surface area contributed by atoms with Crippen LogP contribution >= 0.6 is 23.4 Å². The highest BCUT2D eigenvalue weighted by Crippen LogP contribution is 2.38. The Morgan fingerprint density at radius 3 is 2.75 bits per heavy atom. The molecule has 0 aliphatic carbocycles. The molecule has 1 aliphatic rings. The summed E-state index contributed by atoms with van der Waals surface area (Å²) >= 11 is 7.51. The quantitative estimate of drug-likeness (QED) is 0.822. The number of aliphatic imine (C=N–C) groups is 1. The highest BCUT2D eigenvalue weighted by atomic mass is 35.5. The van der Waals surface area contributed by atoms with Crippen molar-refractivity contribution < 1.29 is 10.2 Å². The molecular weight excluding hydrogens is 294 g/mol. The first kappa shape index (κ1) is 13.3. The van der Waals surface area contributed by atoms with Crippen LogP contribution in [0.5, 0.6) is 11.5 Å². The minimum Gasteiger partial charge on any atom is -0.508 e. The molecule has 0 saturated carbocycles. The van der Waals surface area contributed by atoms with Crippen molar-refractivity contribution in [2.24, 2.45) is 4.99 Å². The summed E-state index contributed by atoms with van der Waals surface area (Å²) in [5.74, 6) is 0.880. The van der Waals surface area contributed by atoms with Crippen LogP contribution in [0.15, 0.2) is 35.3 Å². The van der Waals surface area contributed by atoms with Crippen molar-refractivity contribution in [3.8, 4) is 11.5 Å². The number of thioether (sulfide) groups is 1. The predicted octanol–water partition coefficient (Wildman–Crippen LogP) is 4.38. The van der Waals surface area contributed by atoms with Crippen LogP contribution in [0, 0.1) is 6.92 Å². The molecule has 2 aromatic rings. The zero-order valence-corrected chi connectivity index (χ0v) is 12.3. The first-order valence-corrected chi connectivity index (χ1v) is 7.44. The lowest BCUT2D eigenvalue weighted by atomic mass is 10.1. The van der Waals surface area contributed by atoms with Crippen molar-refractivity contribution in [1.82, 2.24) is 0 Å². The summed E-state index contributed by atoms with van der Waals surface area (Å²) in [6, 6.07) is 8.69. The lowest BCUT2D eigenvalue weighted by molar-refractivity contribution is 0.447. The maximum Gasteiger partial charge on any atom is 0.129 e. The molecule has 0 aromatic heterocycles. The normalized spacial score (nSPS) is 13.8. The summed E-state index contributed by atoms with van der Waals surface area (Å²) < 4.78 is 0. The van der Waals surface area contributed by atoms with E-state index in [1.807, 2.05) is 12.1 Å². The van der Waals surface area contributed by atoms with Crippen molar-refractivity contribution in [3.05, 3.63) is 52.0 Å². The minimum absolute atomic E-state index is 0.0387. The molecule has 0 bridgehead atoms. The van der Waals surface area contributed by atoms with Crippen LogP contribution in [0.25, 0.3) is 0 Å². The molecule has 102 valence electrons. The number of phenolic OH excluding ortho intramolecular Hbond substituents is 2. The number of hydrogen-bond acceptors (Lipinski definition) is 4. The number of aryl methyl sites for hydroxylation is 1. The van der Waals surface area contributed by atoms with E-state index in [1.165, 1.54) is 6.07 Å². The molecular formula is C15H12ClNO2S. The molecule has 2 N–H and O–H groups in total. The third kappa shape index (κ3) is 2.37. The van der Waals surface area contributed by atoms with Crippen LogP contribution in [0.1, 0.15) is 16.7 Å². The monoisotopic (exact) mass is 305 g/mol. The number of halogens is 1. The average molecular weight is 306 g/mol. The Bertz CT molecular complexity index is 728. The summed E-state index contributed by atoms with van der Waals surface area (Å²) in [5.41, 5.74) is 3.31. The Morgan fingerprint density at radius 1 is 1.15 bits per heavy atom. The topological polar surface area (TPSA) is 52.8 Å². The zero-order chi connectivity index (χ0) is 14.3. The summed E-state index contributed by atoms with van der Waals surface area (Å²) in [6.07, 6.45) is 0. The van der Waals surface area contributed by atoms with Gasteiger partial charge in [-0.1, -0.05) is 11.6 Å². The first-order chi connectivity index (χ1) is 9.54. The molecule has 0 unspecified atom stereocenters. The number of nitrogens with zero attached hydrogens (tertiary/aromatic N) is 1. The van der Waals surface area contributed by atoms with E-state index in [2.05, 4.69) is 4.99 Å². The zero-order valence-electron chi connectivity index (χ0n) is 10.7. The van der Waals surface area contributed by atoms with Crippen LogP contribution in [0.3, 0.4) is 0 Å². The van der Waals surface area contributed by atoms with E-state index >= 15 is 0 Å². The smallest absolute Gasteiger partial charge is 0.129 e. The largest absolute Gasteiger partial charge is 0.508 e. The number of fused-ring (bicyclic) bond motifs is 1. The van der Waals surface area contributed by atoms with Crippen molar-refractivity contribution >= 4 is 34.1 Å². The molecule has 0 atom stereocenters. The fraction of sp³-hybridized carbons (Fsp3) is 0.133. The van der Waals surface area contributed by atoms with E-state index in [0.29, 0.717) is 16.1 Å². The minimum atomic E-state index is 0.0387. The van der Waals surface area contributed by atoms with Gasteiger partial charge < -0.3 is 10.2 Å². The number of aromatic hydroxyl groups is 2. The molecule has 0 spiro atoms. The van der Waals surface area contributed by atoms with Crippen molar-refractivity contribution in [1.29, 1.82) is 0 Å². The Morgan fingerprint density at radius 2 is 1.95 bits per heavy atom. The van der Waals surface area contributed by atoms with Gasteiger partial charge in [-0.05, 0) is 42.3 Å². The Hall–Kier alpha value is -1.65. The van der Waals surface area contributed by atoms with Crippen molar-refractivity contribution in [2.75, 3.05) is 0 Å². The molecule has 0 fully saturated rings. The van der Waals surface area contributed by atoms with E-state index in [4.69, 9.17) is 11.6 Å². The van der Waals surface area contributed by atoms with Crippen LogP contribution in [-0.4, -0.2) is 15.3 Å². The fourth-order valence-corrected chi connectivity index (χ4v) is 3.26. The molecule has 2 aromatic carbocycles. The second-order valence-corrected chi connectivity index (χ2v) is 6.03. The van der Waals surface area contributed by atoms with Gasteiger partial charge in [0.25, 0.3) is 0 Å². The fourth-order valence-electron chi connectivity index (χ4n) is 2.06. The summed E-state index contributed by atoms with van der Waals surface area (Å²) in [5, 5.41) is 21.0. The van der Waals surface area contributed by atoms with Gasteiger partial charge in [-0.15, -0.1) is 11.8 Å². The lowest BCUT2D eigenvalue weighted by Gasteiger charge is -2.16. The molecule has 0 radical (unpaired) electrons. The van der Waals surface area contributed by atoms with Gasteiger partial charge in [0.05, 0.1) is 5.69 Å². The van der Waals surface area contributed by atoms with Crippen LogP contribution < -0.4 is 0 Å². The summed E-state index contributed by atoms with van der Waals surface area (Å²) in [4.78, 5) is 4.57. The molecule has 0 amide bonds. The number of benzene rings is 2.